The Labute approximate surface area is 124 Å². The fourth-order valence-corrected chi connectivity index (χ4v) is 2.98. The van der Waals surface area contributed by atoms with Crippen molar-refractivity contribution >= 4 is 29.5 Å². The molecule has 0 aromatic heterocycles. The van der Waals surface area contributed by atoms with Gasteiger partial charge in [-0.1, -0.05) is 41.7 Å². The molecule has 2 nitrogen and oxygen atoms in total. The van der Waals surface area contributed by atoms with Gasteiger partial charge in [-0.3, -0.25) is 0 Å². The van der Waals surface area contributed by atoms with Crippen LogP contribution in [0.1, 0.15) is 0 Å². The van der Waals surface area contributed by atoms with Crippen LogP contribution < -0.4 is 0 Å². The van der Waals surface area contributed by atoms with Gasteiger partial charge in [0.25, 0.3) is 0 Å². The molecule has 2 rings (SSSR count). The van der Waals surface area contributed by atoms with Crippen molar-refractivity contribution in [2.45, 2.75) is 9.79 Å². The molecule has 0 atom stereocenters. The molecule has 0 aliphatic rings. The van der Waals surface area contributed by atoms with Crippen LogP contribution in [0.15, 0.2) is 74.7 Å². The number of halogens is 1. The summed E-state index contributed by atoms with van der Waals surface area (Å²) in [5.41, 5.74) is 0. The van der Waals surface area contributed by atoms with Crippen LogP contribution in [0.3, 0.4) is 0 Å². The number of carboxylic acids is 1. The Morgan fingerprint density at radius 1 is 1.00 bits per heavy atom. The number of hydrogen-bond donors (Lipinski definition) is 1. The van der Waals surface area contributed by atoms with Crippen molar-refractivity contribution in [2.24, 2.45) is 0 Å². The van der Waals surface area contributed by atoms with E-state index in [1.54, 1.807) is 17.5 Å². The van der Waals surface area contributed by atoms with Crippen LogP contribution in [0.25, 0.3) is 0 Å². The predicted octanol–water partition coefficient (Wildman–Crippen LogP) is 4.64. The van der Waals surface area contributed by atoms with Gasteiger partial charge in [0.1, 0.15) is 10.7 Å². The summed E-state index contributed by atoms with van der Waals surface area (Å²) in [7, 11) is 0. The second-order valence-electron chi connectivity index (χ2n) is 3.77. The number of benzene rings is 2. The van der Waals surface area contributed by atoms with Crippen molar-refractivity contribution < 1.29 is 14.3 Å². The lowest BCUT2D eigenvalue weighted by Crippen LogP contribution is -1.95. The average Bonchev–Trinajstić information content (AvgIpc) is 2.46. The lowest BCUT2D eigenvalue weighted by Gasteiger charge is -2.02. The standard InChI is InChI=1S/C15H11FO2S2/c16-11-6-8-12(9-7-11)19-10-14(15(17)18)20-13-4-2-1-3-5-13/h1-10H,(H,17,18). The van der Waals surface area contributed by atoms with Gasteiger partial charge in [-0.05, 0) is 41.8 Å². The Kier molecular flexibility index (Phi) is 5.26. The van der Waals surface area contributed by atoms with E-state index < -0.39 is 5.97 Å². The minimum atomic E-state index is -0.978. The van der Waals surface area contributed by atoms with Gasteiger partial charge in [-0.15, -0.1) is 0 Å². The molecule has 0 heterocycles. The van der Waals surface area contributed by atoms with E-state index in [-0.39, 0.29) is 10.7 Å². The van der Waals surface area contributed by atoms with Gasteiger partial charge in [0.2, 0.25) is 0 Å². The molecular formula is C15H11FO2S2. The van der Waals surface area contributed by atoms with Crippen molar-refractivity contribution in [3.8, 4) is 0 Å². The molecule has 0 spiro atoms. The van der Waals surface area contributed by atoms with E-state index in [1.165, 1.54) is 35.7 Å². The summed E-state index contributed by atoms with van der Waals surface area (Å²) in [6.45, 7) is 0. The molecule has 0 aliphatic heterocycles. The molecule has 20 heavy (non-hydrogen) atoms. The Hall–Kier alpha value is -1.72. The highest BCUT2D eigenvalue weighted by Crippen LogP contribution is 2.30. The van der Waals surface area contributed by atoms with E-state index in [2.05, 4.69) is 0 Å². The normalized spacial score (nSPS) is 11.3. The second-order valence-corrected chi connectivity index (χ2v) is 5.83. The minimum Gasteiger partial charge on any atom is -0.477 e. The van der Waals surface area contributed by atoms with E-state index in [0.717, 1.165) is 9.79 Å². The zero-order valence-corrected chi connectivity index (χ0v) is 12.0. The molecule has 0 amide bonds. The smallest absolute Gasteiger partial charge is 0.343 e. The number of hydrogen-bond acceptors (Lipinski definition) is 3. The molecule has 2 aromatic rings. The molecule has 0 radical (unpaired) electrons. The highest BCUT2D eigenvalue weighted by molar-refractivity contribution is 8.06. The molecule has 102 valence electrons. The zero-order valence-electron chi connectivity index (χ0n) is 10.3. The largest absolute Gasteiger partial charge is 0.477 e. The molecule has 5 heteroatoms. The number of thioether (sulfide) groups is 2. The predicted molar refractivity (Wildman–Crippen MR) is 80.3 cm³/mol. The summed E-state index contributed by atoms with van der Waals surface area (Å²) in [4.78, 5) is 13.1. The van der Waals surface area contributed by atoms with Crippen molar-refractivity contribution in [2.75, 3.05) is 0 Å². The Morgan fingerprint density at radius 3 is 2.25 bits per heavy atom. The molecule has 0 saturated carbocycles. The third-order valence-corrected chi connectivity index (χ3v) is 4.36. The van der Waals surface area contributed by atoms with Crippen molar-refractivity contribution in [1.29, 1.82) is 0 Å². The van der Waals surface area contributed by atoms with Crippen LogP contribution in [-0.4, -0.2) is 11.1 Å². The van der Waals surface area contributed by atoms with Gasteiger partial charge >= 0.3 is 5.97 Å². The molecule has 0 unspecified atom stereocenters. The van der Waals surface area contributed by atoms with Crippen LogP contribution >= 0.6 is 23.5 Å². The molecule has 0 bridgehead atoms. The van der Waals surface area contributed by atoms with E-state index >= 15 is 0 Å². The summed E-state index contributed by atoms with van der Waals surface area (Å²) >= 11 is 2.44. The highest BCUT2D eigenvalue weighted by atomic mass is 32.2. The Morgan fingerprint density at radius 2 is 1.65 bits per heavy atom. The number of carbonyl (C=O) groups is 1. The summed E-state index contributed by atoms with van der Waals surface area (Å²) in [5.74, 6) is -1.29. The van der Waals surface area contributed by atoms with Crippen LogP contribution in [-0.2, 0) is 4.79 Å². The highest BCUT2D eigenvalue weighted by Gasteiger charge is 2.09. The Bertz CT molecular complexity index is 610. The summed E-state index contributed by atoms with van der Waals surface area (Å²) in [6, 6.07) is 15.2. The lowest BCUT2D eigenvalue weighted by molar-refractivity contribution is -0.131. The van der Waals surface area contributed by atoms with Crippen LogP contribution in [0.4, 0.5) is 4.39 Å². The maximum atomic E-state index is 12.8. The minimum absolute atomic E-state index is 0.227. The molecule has 0 fully saturated rings. The fraction of sp³-hybridized carbons (Fsp3) is 0. The van der Waals surface area contributed by atoms with Gasteiger partial charge in [0.15, 0.2) is 0 Å². The number of carboxylic acid groups (broad SMARTS) is 1. The summed E-state index contributed by atoms with van der Waals surface area (Å²) in [5, 5.41) is 10.8. The first-order valence-corrected chi connectivity index (χ1v) is 7.43. The van der Waals surface area contributed by atoms with Crippen LogP contribution in [0.2, 0.25) is 0 Å². The SMILES string of the molecule is O=C(O)C(=CSc1ccc(F)cc1)Sc1ccccc1. The quantitative estimate of drug-likeness (QED) is 0.645. The Balaban J connectivity index is 2.10. The molecule has 1 N–H and O–H groups in total. The topological polar surface area (TPSA) is 37.3 Å². The average molecular weight is 306 g/mol. The molecule has 2 aromatic carbocycles. The summed E-state index contributed by atoms with van der Waals surface area (Å²) < 4.78 is 12.8. The van der Waals surface area contributed by atoms with Gasteiger partial charge in [-0.2, -0.15) is 0 Å². The zero-order chi connectivity index (χ0) is 14.4. The molecular weight excluding hydrogens is 295 g/mol. The first kappa shape index (κ1) is 14.7. The third-order valence-electron chi connectivity index (χ3n) is 2.30. The van der Waals surface area contributed by atoms with Crippen LogP contribution in [0.5, 0.6) is 0 Å². The monoisotopic (exact) mass is 306 g/mol. The van der Waals surface area contributed by atoms with Crippen LogP contribution in [0, 0.1) is 5.82 Å². The molecule has 0 saturated heterocycles. The van der Waals surface area contributed by atoms with Gasteiger partial charge in [-0.25, -0.2) is 9.18 Å². The summed E-state index contributed by atoms with van der Waals surface area (Å²) in [6.07, 6.45) is 0. The number of aliphatic carboxylic acids is 1. The van der Waals surface area contributed by atoms with Crippen molar-refractivity contribution in [3.05, 3.63) is 70.7 Å². The van der Waals surface area contributed by atoms with Gasteiger partial charge < -0.3 is 5.11 Å². The van der Waals surface area contributed by atoms with E-state index in [0.29, 0.717) is 0 Å². The second kappa shape index (κ2) is 7.17. The molecule has 0 aliphatic carbocycles. The van der Waals surface area contributed by atoms with Crippen molar-refractivity contribution in [3.63, 3.8) is 0 Å². The maximum Gasteiger partial charge on any atom is 0.343 e. The first-order chi connectivity index (χ1) is 9.65. The van der Waals surface area contributed by atoms with Crippen molar-refractivity contribution in [1.82, 2.24) is 0 Å². The van der Waals surface area contributed by atoms with Gasteiger partial charge in [0.05, 0.1) is 0 Å². The first-order valence-electron chi connectivity index (χ1n) is 5.74. The van der Waals surface area contributed by atoms with E-state index in [1.807, 2.05) is 30.3 Å². The number of rotatable bonds is 5. The fourth-order valence-electron chi connectivity index (χ4n) is 1.37. The van der Waals surface area contributed by atoms with E-state index in [4.69, 9.17) is 0 Å². The van der Waals surface area contributed by atoms with Gasteiger partial charge in [0, 0.05) is 9.79 Å². The lowest BCUT2D eigenvalue weighted by atomic mass is 10.4. The van der Waals surface area contributed by atoms with E-state index in [9.17, 15) is 14.3 Å². The maximum absolute atomic E-state index is 12.8. The third kappa shape index (κ3) is 4.43.